The first-order chi connectivity index (χ1) is 26.2. The summed E-state index contributed by atoms with van der Waals surface area (Å²) in [6.07, 6.45) is 7.50. The van der Waals surface area contributed by atoms with Crippen LogP contribution in [0.4, 0.5) is 0 Å². The van der Waals surface area contributed by atoms with Crippen molar-refractivity contribution in [3.05, 3.63) is 204 Å². The fourth-order valence-electron chi connectivity index (χ4n) is 9.47. The van der Waals surface area contributed by atoms with E-state index in [0.29, 0.717) is 0 Å². The molecular weight excluding hydrogens is 647 g/mol. The van der Waals surface area contributed by atoms with E-state index in [1.807, 2.05) is 0 Å². The molecule has 7 aromatic carbocycles. The highest BCUT2D eigenvalue weighted by atomic mass is 16.5. The van der Waals surface area contributed by atoms with Crippen molar-refractivity contribution in [1.29, 1.82) is 0 Å². The first-order valence-corrected chi connectivity index (χ1v) is 18.4. The van der Waals surface area contributed by atoms with Gasteiger partial charge in [-0.15, -0.1) is 0 Å². The highest BCUT2D eigenvalue weighted by molar-refractivity contribution is 6.14. The van der Waals surface area contributed by atoms with Gasteiger partial charge in [-0.3, -0.25) is 0 Å². The number of rotatable bonds is 3. The van der Waals surface area contributed by atoms with Gasteiger partial charge in [0.1, 0.15) is 22.8 Å². The molecule has 53 heavy (non-hydrogen) atoms. The van der Waals surface area contributed by atoms with Gasteiger partial charge in [-0.1, -0.05) is 158 Å². The molecule has 11 rings (SSSR count). The number of hydrogen-bond donors (Lipinski definition) is 0. The summed E-state index contributed by atoms with van der Waals surface area (Å²) in [7, 11) is 0. The van der Waals surface area contributed by atoms with Crippen LogP contribution in [-0.4, -0.2) is 10.2 Å². The molecule has 3 nitrogen and oxygen atoms in total. The zero-order chi connectivity index (χ0) is 35.1. The van der Waals surface area contributed by atoms with Crippen molar-refractivity contribution in [1.82, 2.24) is 4.57 Å². The maximum atomic E-state index is 7.48. The maximum absolute atomic E-state index is 7.48. The van der Waals surface area contributed by atoms with E-state index in [-0.39, 0.29) is 0 Å². The molecule has 1 aliphatic carbocycles. The van der Waals surface area contributed by atoms with Crippen molar-refractivity contribution in [2.45, 2.75) is 24.4 Å². The number of ether oxygens (including phenoxy) is 2. The van der Waals surface area contributed by atoms with Crippen LogP contribution in [0.3, 0.4) is 0 Å². The number of allylic oxidation sites excluding steroid dienone is 2. The Kier molecular flexibility index (Phi) is 6.36. The number of hydrogen-bond acceptors (Lipinski definition) is 2. The molecule has 0 bridgehead atoms. The van der Waals surface area contributed by atoms with Crippen LogP contribution in [0.1, 0.15) is 30.0 Å². The fraction of sp³-hybridized carbons (Fsp3) is 0.0800. The Labute approximate surface area is 308 Å². The van der Waals surface area contributed by atoms with E-state index in [9.17, 15) is 0 Å². The predicted octanol–water partition coefficient (Wildman–Crippen LogP) is 12.6. The van der Waals surface area contributed by atoms with E-state index >= 15 is 0 Å². The smallest absolute Gasteiger partial charge is 0.140 e. The second-order valence-electron chi connectivity index (χ2n) is 14.5. The van der Waals surface area contributed by atoms with Crippen molar-refractivity contribution < 1.29 is 9.47 Å². The highest BCUT2D eigenvalue weighted by Gasteiger charge is 2.57. The Balaban J connectivity index is 1.30. The van der Waals surface area contributed by atoms with E-state index < -0.39 is 11.0 Å². The topological polar surface area (TPSA) is 23.4 Å². The Bertz CT molecular complexity index is 2830. The first-order valence-electron chi connectivity index (χ1n) is 18.4. The Hall–Kier alpha value is -6.58. The average molecular weight is 682 g/mol. The number of para-hydroxylation sites is 6. The summed E-state index contributed by atoms with van der Waals surface area (Å²) < 4.78 is 16.9. The molecule has 3 aliphatic rings. The number of benzene rings is 7. The van der Waals surface area contributed by atoms with Gasteiger partial charge in [0, 0.05) is 56.3 Å². The summed E-state index contributed by atoms with van der Waals surface area (Å²) in [4.78, 5) is 0. The second kappa shape index (κ2) is 11.2. The molecule has 0 radical (unpaired) electrons. The van der Waals surface area contributed by atoms with Crippen LogP contribution in [0.15, 0.2) is 188 Å². The third-order valence-electron chi connectivity index (χ3n) is 11.6. The van der Waals surface area contributed by atoms with Crippen LogP contribution in [-0.2, 0) is 5.41 Å². The van der Waals surface area contributed by atoms with Gasteiger partial charge in [-0.2, -0.15) is 0 Å². The average Bonchev–Trinajstić information content (AvgIpc) is 3.55. The van der Waals surface area contributed by atoms with Crippen LogP contribution < -0.4 is 9.47 Å². The number of aromatic nitrogens is 1. The Morgan fingerprint density at radius 3 is 2.00 bits per heavy atom. The van der Waals surface area contributed by atoms with Gasteiger partial charge in [0.25, 0.3) is 0 Å². The number of fused-ring (bicyclic) bond motifs is 11. The van der Waals surface area contributed by atoms with Crippen molar-refractivity contribution in [2.75, 3.05) is 0 Å². The Morgan fingerprint density at radius 1 is 0.547 bits per heavy atom. The lowest BCUT2D eigenvalue weighted by Crippen LogP contribution is -2.51. The van der Waals surface area contributed by atoms with Gasteiger partial charge in [-0.25, -0.2) is 0 Å². The summed E-state index contributed by atoms with van der Waals surface area (Å²) >= 11 is 0. The molecule has 2 unspecified atom stereocenters. The molecule has 3 heteroatoms. The van der Waals surface area contributed by atoms with Gasteiger partial charge in [0.2, 0.25) is 0 Å². The molecule has 8 aromatic rings. The molecule has 2 aliphatic heterocycles. The monoisotopic (exact) mass is 681 g/mol. The van der Waals surface area contributed by atoms with Crippen LogP contribution >= 0.6 is 0 Å². The molecule has 0 fully saturated rings. The standard InChI is InChI=1S/C50H35NO2/c1-49-32-13-12-31-45(49)50(40-26-9-11-30-44(40)53-49)41-27-15-22-35(33-17-4-2-5-18-33)47(41)52-48-39(25-16-28-42(48)50)38-24-14-23-37-36-21-8-10-29-43(36)51(46(37)38)34-19-6-3-7-20-34/h2-31H,32H2,1H3. The van der Waals surface area contributed by atoms with Gasteiger partial charge >= 0.3 is 0 Å². The minimum absolute atomic E-state index is 0.562. The van der Waals surface area contributed by atoms with E-state index in [1.165, 1.54) is 21.9 Å². The lowest BCUT2D eigenvalue weighted by Gasteiger charge is -2.53. The van der Waals surface area contributed by atoms with E-state index in [2.05, 4.69) is 194 Å². The summed E-state index contributed by atoms with van der Waals surface area (Å²) in [5.74, 6) is 2.65. The summed E-state index contributed by atoms with van der Waals surface area (Å²) in [6, 6.07) is 58.8. The van der Waals surface area contributed by atoms with Gasteiger partial charge < -0.3 is 14.0 Å². The highest BCUT2D eigenvalue weighted by Crippen LogP contribution is 2.65. The second-order valence-corrected chi connectivity index (χ2v) is 14.5. The maximum Gasteiger partial charge on any atom is 0.140 e. The summed E-state index contributed by atoms with van der Waals surface area (Å²) in [6.45, 7) is 2.25. The predicted molar refractivity (Wildman–Crippen MR) is 215 cm³/mol. The molecule has 1 spiro atoms. The third kappa shape index (κ3) is 4.11. The molecule has 0 saturated carbocycles. The lowest BCUT2D eigenvalue weighted by molar-refractivity contribution is 0.100. The van der Waals surface area contributed by atoms with Gasteiger partial charge in [-0.05, 0) is 42.3 Å². The quantitative estimate of drug-likeness (QED) is 0.185. The van der Waals surface area contributed by atoms with E-state index in [0.717, 1.165) is 73.8 Å². The zero-order valence-corrected chi connectivity index (χ0v) is 29.3. The van der Waals surface area contributed by atoms with Gasteiger partial charge in [0.15, 0.2) is 0 Å². The fourth-order valence-corrected chi connectivity index (χ4v) is 9.47. The largest absolute Gasteiger partial charge is 0.482 e. The molecule has 2 atom stereocenters. The molecular formula is C50H35NO2. The zero-order valence-electron chi connectivity index (χ0n) is 29.3. The van der Waals surface area contributed by atoms with Crippen molar-refractivity contribution in [2.24, 2.45) is 0 Å². The molecule has 0 amide bonds. The van der Waals surface area contributed by atoms with Crippen molar-refractivity contribution >= 4 is 21.8 Å². The SMILES string of the molecule is CC12CC=CC=C1C1(c3ccccc3O2)c2cccc(-c3ccccc3)c2Oc2c(-c3cccc4c5ccccc5n(-c5ccccc5)c34)cccc21. The normalized spacial score (nSPS) is 19.5. The number of nitrogens with zero attached hydrogens (tertiary/aromatic N) is 1. The molecule has 0 saturated heterocycles. The van der Waals surface area contributed by atoms with E-state index in [4.69, 9.17) is 9.47 Å². The Morgan fingerprint density at radius 2 is 1.17 bits per heavy atom. The molecule has 252 valence electrons. The van der Waals surface area contributed by atoms with Crippen molar-refractivity contribution in [3.8, 4) is 45.2 Å². The molecule has 3 heterocycles. The minimum atomic E-state index is -0.682. The van der Waals surface area contributed by atoms with Crippen LogP contribution in [0.5, 0.6) is 17.2 Å². The summed E-state index contributed by atoms with van der Waals surface area (Å²) in [5.41, 5.74) is 11.2. The van der Waals surface area contributed by atoms with Crippen LogP contribution in [0.2, 0.25) is 0 Å². The van der Waals surface area contributed by atoms with Gasteiger partial charge in [0.05, 0.1) is 16.4 Å². The molecule has 1 aromatic heterocycles. The first kappa shape index (κ1) is 30.1. The third-order valence-corrected chi connectivity index (χ3v) is 11.6. The lowest BCUT2D eigenvalue weighted by atomic mass is 9.56. The van der Waals surface area contributed by atoms with Crippen molar-refractivity contribution in [3.63, 3.8) is 0 Å². The van der Waals surface area contributed by atoms with Crippen LogP contribution in [0.25, 0.3) is 49.7 Å². The minimum Gasteiger partial charge on any atom is -0.482 e. The summed E-state index contributed by atoms with van der Waals surface area (Å²) in [5, 5.41) is 2.43. The van der Waals surface area contributed by atoms with E-state index in [1.54, 1.807) is 0 Å². The van der Waals surface area contributed by atoms with Crippen LogP contribution in [0, 0.1) is 0 Å². The molecule has 0 N–H and O–H groups in total.